The zero-order valence-corrected chi connectivity index (χ0v) is 13.0. The zero-order chi connectivity index (χ0) is 15.1. The van der Waals surface area contributed by atoms with Gasteiger partial charge in [0.25, 0.3) is 0 Å². The quantitative estimate of drug-likeness (QED) is 0.902. The van der Waals surface area contributed by atoms with Crippen LogP contribution < -0.4 is 16.0 Å². The van der Waals surface area contributed by atoms with E-state index in [4.69, 9.17) is 5.73 Å². The number of amides is 1. The van der Waals surface area contributed by atoms with Crippen molar-refractivity contribution in [3.8, 4) is 0 Å². The van der Waals surface area contributed by atoms with Gasteiger partial charge in [0.15, 0.2) is 0 Å². The molecule has 1 aromatic rings. The monoisotopic (exact) mass is 299 g/mol. The van der Waals surface area contributed by atoms with Crippen LogP contribution in [-0.2, 0) is 4.79 Å². The second-order valence-electron chi connectivity index (χ2n) is 7.17. The van der Waals surface area contributed by atoms with E-state index in [2.05, 4.69) is 22.3 Å². The Hall–Kier alpha value is -1.55. The van der Waals surface area contributed by atoms with E-state index >= 15 is 0 Å². The van der Waals surface area contributed by atoms with E-state index in [1.807, 2.05) is 12.1 Å². The maximum atomic E-state index is 12.6. The molecular weight excluding hydrogens is 274 g/mol. The normalized spacial score (nSPS) is 33.4. The number of carbonyl (C=O) groups excluding carboxylic acids is 1. The molecule has 1 saturated heterocycles. The van der Waals surface area contributed by atoms with E-state index in [-0.39, 0.29) is 17.9 Å². The minimum atomic E-state index is 0.00851. The number of hydrogen-bond donors (Lipinski definition) is 2. The van der Waals surface area contributed by atoms with E-state index < -0.39 is 0 Å². The van der Waals surface area contributed by atoms with Gasteiger partial charge in [0.1, 0.15) is 0 Å². The molecule has 2 saturated carbocycles. The molecule has 1 amide bonds. The first-order valence-corrected chi connectivity index (χ1v) is 8.64. The van der Waals surface area contributed by atoms with Crippen molar-refractivity contribution in [2.75, 3.05) is 23.3 Å². The van der Waals surface area contributed by atoms with Crippen molar-refractivity contribution in [3.63, 3.8) is 0 Å². The van der Waals surface area contributed by atoms with Gasteiger partial charge in [-0.15, -0.1) is 0 Å². The third-order valence-corrected chi connectivity index (χ3v) is 5.87. The molecule has 4 heteroatoms. The molecular formula is C18H25N3O. The van der Waals surface area contributed by atoms with Crippen LogP contribution in [0.4, 0.5) is 11.4 Å². The van der Waals surface area contributed by atoms with E-state index in [1.54, 1.807) is 0 Å². The summed E-state index contributed by atoms with van der Waals surface area (Å²) in [7, 11) is 0. The minimum absolute atomic E-state index is 0.00851. The molecule has 0 radical (unpaired) electrons. The highest BCUT2D eigenvalue weighted by Gasteiger charge is 2.49. The molecule has 3 fully saturated rings. The van der Waals surface area contributed by atoms with Crippen LogP contribution in [0.3, 0.4) is 0 Å². The molecule has 1 aromatic carbocycles. The summed E-state index contributed by atoms with van der Waals surface area (Å²) in [6, 6.07) is 8.30. The summed E-state index contributed by atoms with van der Waals surface area (Å²) < 4.78 is 0. The maximum absolute atomic E-state index is 12.6. The highest BCUT2D eigenvalue weighted by atomic mass is 16.2. The van der Waals surface area contributed by atoms with Crippen molar-refractivity contribution >= 4 is 17.3 Å². The van der Waals surface area contributed by atoms with Crippen molar-refractivity contribution < 1.29 is 4.79 Å². The van der Waals surface area contributed by atoms with Crippen molar-refractivity contribution in [2.24, 2.45) is 23.5 Å². The fourth-order valence-electron chi connectivity index (χ4n) is 4.71. The summed E-state index contributed by atoms with van der Waals surface area (Å²) in [6.45, 7) is 2.24. The van der Waals surface area contributed by atoms with Gasteiger partial charge in [-0.2, -0.15) is 0 Å². The average molecular weight is 299 g/mol. The molecule has 4 nitrogen and oxygen atoms in total. The molecule has 4 atom stereocenters. The van der Waals surface area contributed by atoms with Crippen molar-refractivity contribution in [2.45, 2.75) is 38.1 Å². The first kappa shape index (κ1) is 14.1. The standard InChI is InChI=1S/C18H25N3O/c19-17-13-7-6-12(10-13)16(17)18(22)20-14-4-3-5-15(11-14)21-8-1-2-9-21/h3-5,11-13,16-17H,1-2,6-10,19H2,(H,20,22). The number of fused-ring (bicyclic) bond motifs is 2. The number of benzene rings is 1. The van der Waals surface area contributed by atoms with Crippen molar-refractivity contribution in [1.82, 2.24) is 0 Å². The second kappa shape index (κ2) is 5.58. The van der Waals surface area contributed by atoms with Gasteiger partial charge in [0, 0.05) is 30.5 Å². The lowest BCUT2D eigenvalue weighted by molar-refractivity contribution is -0.121. The number of anilines is 2. The molecule has 0 aromatic heterocycles. The zero-order valence-electron chi connectivity index (χ0n) is 13.0. The SMILES string of the molecule is NC1C2CCC(C2)C1C(=O)Nc1cccc(N2CCCC2)c1. The van der Waals surface area contributed by atoms with Crippen LogP contribution in [0.5, 0.6) is 0 Å². The Labute approximate surface area is 132 Å². The summed E-state index contributed by atoms with van der Waals surface area (Å²) in [4.78, 5) is 15.0. The van der Waals surface area contributed by atoms with Crippen LogP contribution in [0.2, 0.25) is 0 Å². The number of hydrogen-bond acceptors (Lipinski definition) is 3. The molecule has 4 unspecified atom stereocenters. The molecule has 118 valence electrons. The van der Waals surface area contributed by atoms with E-state index in [1.165, 1.54) is 31.4 Å². The van der Waals surface area contributed by atoms with Gasteiger partial charge in [0.05, 0.1) is 5.92 Å². The van der Waals surface area contributed by atoms with Crippen LogP contribution in [0.25, 0.3) is 0 Å². The summed E-state index contributed by atoms with van der Waals surface area (Å²) in [5.74, 6) is 1.20. The Kier molecular flexibility index (Phi) is 3.57. The first-order valence-electron chi connectivity index (χ1n) is 8.64. The van der Waals surface area contributed by atoms with Crippen LogP contribution >= 0.6 is 0 Å². The van der Waals surface area contributed by atoms with E-state index in [0.29, 0.717) is 11.8 Å². The van der Waals surface area contributed by atoms with Crippen molar-refractivity contribution in [1.29, 1.82) is 0 Å². The van der Waals surface area contributed by atoms with Gasteiger partial charge in [-0.3, -0.25) is 4.79 Å². The average Bonchev–Trinajstić information content (AvgIpc) is 3.24. The smallest absolute Gasteiger partial charge is 0.229 e. The fourth-order valence-corrected chi connectivity index (χ4v) is 4.71. The number of nitrogens with two attached hydrogens (primary N) is 1. The number of carbonyl (C=O) groups is 1. The fraction of sp³-hybridized carbons (Fsp3) is 0.611. The highest BCUT2D eigenvalue weighted by Crippen LogP contribution is 2.47. The Morgan fingerprint density at radius 2 is 1.95 bits per heavy atom. The predicted molar refractivity (Wildman–Crippen MR) is 88.8 cm³/mol. The number of nitrogens with one attached hydrogen (secondary N) is 1. The number of rotatable bonds is 3. The lowest BCUT2D eigenvalue weighted by atomic mass is 9.84. The predicted octanol–water partition coefficient (Wildman–Crippen LogP) is 2.60. The number of nitrogens with zero attached hydrogens (tertiary/aromatic N) is 1. The highest BCUT2D eigenvalue weighted by molar-refractivity contribution is 5.94. The van der Waals surface area contributed by atoms with Crippen molar-refractivity contribution in [3.05, 3.63) is 24.3 Å². The molecule has 22 heavy (non-hydrogen) atoms. The summed E-state index contributed by atoms with van der Waals surface area (Å²) in [5, 5.41) is 3.12. The van der Waals surface area contributed by atoms with Crippen LogP contribution in [0.15, 0.2) is 24.3 Å². The lowest BCUT2D eigenvalue weighted by Crippen LogP contribution is -2.42. The largest absolute Gasteiger partial charge is 0.371 e. The first-order chi connectivity index (χ1) is 10.7. The van der Waals surface area contributed by atoms with Gasteiger partial charge in [0.2, 0.25) is 5.91 Å². The summed E-state index contributed by atoms with van der Waals surface area (Å²) in [6.07, 6.45) is 6.05. The molecule has 2 bridgehead atoms. The molecule has 4 rings (SSSR count). The van der Waals surface area contributed by atoms with Gasteiger partial charge in [-0.1, -0.05) is 6.07 Å². The van der Waals surface area contributed by atoms with Crippen LogP contribution in [-0.4, -0.2) is 25.0 Å². The van der Waals surface area contributed by atoms with E-state index in [0.717, 1.165) is 25.2 Å². The maximum Gasteiger partial charge on any atom is 0.229 e. The second-order valence-corrected chi connectivity index (χ2v) is 7.17. The Balaban J connectivity index is 1.46. The Morgan fingerprint density at radius 3 is 2.68 bits per heavy atom. The van der Waals surface area contributed by atoms with Crippen LogP contribution in [0, 0.1) is 17.8 Å². The molecule has 1 heterocycles. The molecule has 0 spiro atoms. The topological polar surface area (TPSA) is 58.4 Å². The molecule has 1 aliphatic heterocycles. The third kappa shape index (κ3) is 2.39. The lowest BCUT2D eigenvalue weighted by Gasteiger charge is -2.27. The third-order valence-electron chi connectivity index (χ3n) is 5.87. The Morgan fingerprint density at radius 1 is 1.18 bits per heavy atom. The van der Waals surface area contributed by atoms with Gasteiger partial charge in [-0.05, 0) is 62.1 Å². The van der Waals surface area contributed by atoms with Crippen LogP contribution in [0.1, 0.15) is 32.1 Å². The Bertz CT molecular complexity index is 565. The summed E-state index contributed by atoms with van der Waals surface area (Å²) in [5.41, 5.74) is 8.40. The van der Waals surface area contributed by atoms with Gasteiger partial charge in [-0.25, -0.2) is 0 Å². The molecule has 3 N–H and O–H groups in total. The minimum Gasteiger partial charge on any atom is -0.371 e. The summed E-state index contributed by atoms with van der Waals surface area (Å²) >= 11 is 0. The van der Waals surface area contributed by atoms with E-state index in [9.17, 15) is 4.79 Å². The molecule has 2 aliphatic carbocycles. The molecule has 3 aliphatic rings. The van der Waals surface area contributed by atoms with Gasteiger partial charge >= 0.3 is 0 Å². The van der Waals surface area contributed by atoms with Gasteiger partial charge < -0.3 is 16.0 Å².